The van der Waals surface area contributed by atoms with Crippen LogP contribution in [0.4, 0.5) is 4.79 Å². The Balaban J connectivity index is 0.942. The number of fused-ring (bicyclic) bond motifs is 1. The van der Waals surface area contributed by atoms with Crippen molar-refractivity contribution >= 4 is 17.1 Å². The van der Waals surface area contributed by atoms with Gasteiger partial charge < -0.3 is 29.8 Å². The number of aliphatic hydroxyl groups excluding tert-OH is 1. The van der Waals surface area contributed by atoms with Crippen molar-refractivity contribution in [2.75, 3.05) is 0 Å². The smallest absolute Gasteiger partial charge is 0.315 e. The summed E-state index contributed by atoms with van der Waals surface area (Å²) in [5.74, 6) is 2.39. The monoisotopic (exact) mass is 606 g/mol. The van der Waals surface area contributed by atoms with Gasteiger partial charge in [0, 0.05) is 24.1 Å². The summed E-state index contributed by atoms with van der Waals surface area (Å²) in [6, 6.07) is 24.2. The molecule has 4 bridgehead atoms. The fraction of sp³-hybridized carbons (Fsp3) is 0.459. The molecule has 3 aromatic carbocycles. The molecule has 0 spiro atoms. The molecule has 3 N–H and O–H groups in total. The minimum Gasteiger partial charge on any atom is -0.392 e. The molecule has 45 heavy (non-hydrogen) atoms. The number of aliphatic hydroxyl groups is 1. The number of ether oxygens (including phenoxy) is 2. The summed E-state index contributed by atoms with van der Waals surface area (Å²) in [6.07, 6.45) is 9.30. The summed E-state index contributed by atoms with van der Waals surface area (Å²) >= 11 is 0. The minimum atomic E-state index is -0.539. The van der Waals surface area contributed by atoms with Crippen molar-refractivity contribution < 1.29 is 19.4 Å². The van der Waals surface area contributed by atoms with Gasteiger partial charge in [-0.2, -0.15) is 0 Å². The number of nitrogens with one attached hydrogen (secondary N) is 2. The SMILES string of the molecule is O=C(NCc1ccc(C2OC(Cn3cnc4ccccc43)CC(c3ccc(CO)cc3)O2)cc1)NC12CC3CC(CC(C3)C1)C2. The maximum atomic E-state index is 13.0. The van der Waals surface area contributed by atoms with E-state index in [-0.39, 0.29) is 30.4 Å². The van der Waals surface area contributed by atoms with Gasteiger partial charge in [-0.1, -0.05) is 60.7 Å². The Kier molecular flexibility index (Phi) is 7.60. The number of aromatic nitrogens is 2. The van der Waals surface area contributed by atoms with Crippen molar-refractivity contribution in [1.29, 1.82) is 0 Å². The molecule has 3 atom stereocenters. The van der Waals surface area contributed by atoms with Crippen LogP contribution in [0.25, 0.3) is 11.0 Å². The number of benzene rings is 3. The molecule has 2 amide bonds. The molecule has 5 aliphatic rings. The average molecular weight is 607 g/mol. The van der Waals surface area contributed by atoms with Crippen LogP contribution in [-0.2, 0) is 29.2 Å². The van der Waals surface area contributed by atoms with E-state index in [0.29, 0.717) is 19.5 Å². The maximum Gasteiger partial charge on any atom is 0.315 e. The van der Waals surface area contributed by atoms with Gasteiger partial charge in [0.25, 0.3) is 0 Å². The van der Waals surface area contributed by atoms with Gasteiger partial charge in [0.15, 0.2) is 6.29 Å². The van der Waals surface area contributed by atoms with E-state index in [9.17, 15) is 9.90 Å². The lowest BCUT2D eigenvalue weighted by Crippen LogP contribution is -2.61. The normalized spacial score (nSPS) is 30.4. The molecule has 5 fully saturated rings. The van der Waals surface area contributed by atoms with Crippen LogP contribution < -0.4 is 10.6 Å². The van der Waals surface area contributed by atoms with Crippen molar-refractivity contribution in [3.63, 3.8) is 0 Å². The lowest BCUT2D eigenvalue weighted by Gasteiger charge is -2.56. The van der Waals surface area contributed by atoms with Gasteiger partial charge in [0.1, 0.15) is 0 Å². The second-order valence-corrected chi connectivity index (χ2v) is 14.0. The quantitative estimate of drug-likeness (QED) is 0.212. The number of carbonyl (C=O) groups excluding carboxylic acids is 1. The summed E-state index contributed by atoms with van der Waals surface area (Å²) in [5, 5.41) is 16.1. The number of hydrogen-bond donors (Lipinski definition) is 3. The molecule has 2 heterocycles. The highest BCUT2D eigenvalue weighted by atomic mass is 16.7. The van der Waals surface area contributed by atoms with E-state index >= 15 is 0 Å². The van der Waals surface area contributed by atoms with E-state index in [1.807, 2.05) is 73.1 Å². The molecule has 9 rings (SSSR count). The van der Waals surface area contributed by atoms with Gasteiger partial charge in [0.2, 0.25) is 0 Å². The first-order chi connectivity index (χ1) is 22.0. The molecule has 8 nitrogen and oxygen atoms in total. The Morgan fingerprint density at radius 2 is 1.51 bits per heavy atom. The number of urea groups is 1. The molecule has 4 aliphatic carbocycles. The molecule has 4 aromatic rings. The molecule has 1 saturated heterocycles. The second kappa shape index (κ2) is 11.9. The number of carbonyl (C=O) groups is 1. The number of amides is 2. The molecule has 1 aliphatic heterocycles. The zero-order valence-electron chi connectivity index (χ0n) is 25.6. The summed E-state index contributed by atoms with van der Waals surface area (Å²) in [7, 11) is 0. The highest BCUT2D eigenvalue weighted by Crippen LogP contribution is 2.55. The Labute approximate surface area is 264 Å². The Morgan fingerprint density at radius 3 is 2.22 bits per heavy atom. The van der Waals surface area contributed by atoms with Crippen LogP contribution in [0.2, 0.25) is 0 Å². The highest BCUT2D eigenvalue weighted by molar-refractivity contribution is 5.75. The average Bonchev–Trinajstić information content (AvgIpc) is 3.45. The Morgan fingerprint density at radius 1 is 0.844 bits per heavy atom. The van der Waals surface area contributed by atoms with Crippen LogP contribution in [-0.4, -0.2) is 32.3 Å². The fourth-order valence-electron chi connectivity index (χ4n) is 8.93. The third-order valence-corrected chi connectivity index (χ3v) is 10.7. The Hall–Kier alpha value is -3.72. The number of imidazole rings is 1. The van der Waals surface area contributed by atoms with Crippen LogP contribution in [0.3, 0.4) is 0 Å². The van der Waals surface area contributed by atoms with E-state index in [4.69, 9.17) is 9.47 Å². The van der Waals surface area contributed by atoms with E-state index < -0.39 is 6.29 Å². The Bertz CT molecular complexity index is 1610. The number of rotatable bonds is 8. The third kappa shape index (κ3) is 5.99. The number of para-hydroxylation sites is 2. The second-order valence-electron chi connectivity index (χ2n) is 14.0. The van der Waals surface area contributed by atoms with Crippen molar-refractivity contribution in [2.45, 2.75) is 88.7 Å². The zero-order valence-corrected chi connectivity index (χ0v) is 25.6. The first-order valence-electron chi connectivity index (χ1n) is 16.6. The first kappa shape index (κ1) is 28.7. The summed E-state index contributed by atoms with van der Waals surface area (Å²) in [5.41, 5.74) is 5.96. The van der Waals surface area contributed by atoms with Crippen molar-refractivity contribution in [3.8, 4) is 0 Å². The standard InChI is InChI=1S/C37H42N4O4/c42-22-25-7-9-29(10-8-25)34-16-31(21-41-23-39-32-3-1-2-4-33(32)41)44-35(45-34)30-11-5-24(6-12-30)20-38-36(43)40-37-17-26-13-27(18-37)15-28(14-26)19-37/h1-12,23,26-28,31,34-35,42H,13-22H2,(H2,38,40,43). The molecule has 3 unspecified atom stereocenters. The van der Waals surface area contributed by atoms with Crippen LogP contribution in [0.1, 0.15) is 79.6 Å². The highest BCUT2D eigenvalue weighted by Gasteiger charge is 2.51. The molecule has 4 saturated carbocycles. The molecule has 234 valence electrons. The van der Waals surface area contributed by atoms with Gasteiger partial charge in [-0.25, -0.2) is 9.78 Å². The molecule has 0 radical (unpaired) electrons. The van der Waals surface area contributed by atoms with E-state index in [1.165, 1.54) is 19.3 Å². The van der Waals surface area contributed by atoms with Gasteiger partial charge >= 0.3 is 6.03 Å². The molecule has 1 aromatic heterocycles. The number of nitrogens with zero attached hydrogens (tertiary/aromatic N) is 2. The van der Waals surface area contributed by atoms with Crippen LogP contribution >= 0.6 is 0 Å². The van der Waals surface area contributed by atoms with E-state index in [1.54, 1.807) is 0 Å². The summed E-state index contributed by atoms with van der Waals surface area (Å²) < 4.78 is 15.3. The first-order valence-corrected chi connectivity index (χ1v) is 16.6. The minimum absolute atomic E-state index is 0.00680. The topological polar surface area (TPSA) is 97.6 Å². The van der Waals surface area contributed by atoms with Crippen molar-refractivity contribution in [2.24, 2.45) is 17.8 Å². The van der Waals surface area contributed by atoms with Gasteiger partial charge in [0.05, 0.1) is 42.7 Å². The van der Waals surface area contributed by atoms with Crippen molar-refractivity contribution in [3.05, 3.63) is 101 Å². The zero-order chi connectivity index (χ0) is 30.4. The maximum absolute atomic E-state index is 13.0. The summed E-state index contributed by atoms with van der Waals surface area (Å²) in [4.78, 5) is 17.6. The van der Waals surface area contributed by atoms with Crippen LogP contribution in [0.5, 0.6) is 0 Å². The van der Waals surface area contributed by atoms with Gasteiger partial charge in [-0.3, -0.25) is 0 Å². The predicted molar refractivity (Wildman–Crippen MR) is 171 cm³/mol. The van der Waals surface area contributed by atoms with Gasteiger partial charge in [-0.15, -0.1) is 0 Å². The molecular weight excluding hydrogens is 564 g/mol. The fourth-order valence-corrected chi connectivity index (χ4v) is 8.93. The number of hydrogen-bond acceptors (Lipinski definition) is 5. The largest absolute Gasteiger partial charge is 0.392 e. The van der Waals surface area contributed by atoms with E-state index in [0.717, 1.165) is 70.3 Å². The third-order valence-electron chi connectivity index (χ3n) is 10.7. The van der Waals surface area contributed by atoms with E-state index in [2.05, 4.69) is 26.3 Å². The molecule has 8 heteroatoms. The molecular formula is C37H42N4O4. The summed E-state index contributed by atoms with van der Waals surface area (Å²) in [6.45, 7) is 1.15. The lowest BCUT2D eigenvalue weighted by molar-refractivity contribution is -0.252. The van der Waals surface area contributed by atoms with Crippen LogP contribution in [0.15, 0.2) is 79.1 Å². The van der Waals surface area contributed by atoms with Crippen LogP contribution in [0, 0.1) is 17.8 Å². The predicted octanol–water partition coefficient (Wildman–Crippen LogP) is 6.54. The lowest BCUT2D eigenvalue weighted by atomic mass is 9.53. The van der Waals surface area contributed by atoms with Crippen molar-refractivity contribution in [1.82, 2.24) is 20.2 Å². The van der Waals surface area contributed by atoms with Gasteiger partial charge in [-0.05, 0) is 85.1 Å².